The van der Waals surface area contributed by atoms with Crippen LogP contribution in [0, 0.1) is 0 Å². The van der Waals surface area contributed by atoms with Crippen LogP contribution in [0.25, 0.3) is 11.0 Å². The number of hydrazine groups is 1. The van der Waals surface area contributed by atoms with Gasteiger partial charge in [-0.3, -0.25) is 19.8 Å². The molecule has 0 aliphatic heterocycles. The third-order valence-corrected chi connectivity index (χ3v) is 2.55. The zero-order valence-electron chi connectivity index (χ0n) is 9.84. The molecule has 0 saturated carbocycles. The van der Waals surface area contributed by atoms with E-state index in [2.05, 4.69) is 15.4 Å². The average Bonchev–Trinajstić information content (AvgIpc) is 2.39. The molecule has 5 nitrogen and oxygen atoms in total. The number of carbonyl (C=O) groups excluding carboxylic acids is 1. The number of fused-ring (bicyclic) bond motifs is 1. The van der Waals surface area contributed by atoms with E-state index >= 15 is 0 Å². The van der Waals surface area contributed by atoms with Crippen molar-refractivity contribution in [2.24, 2.45) is 0 Å². The van der Waals surface area contributed by atoms with E-state index in [4.69, 9.17) is 0 Å². The van der Waals surface area contributed by atoms with Gasteiger partial charge in [0.05, 0.1) is 11.0 Å². The average molecular weight is 230 g/mol. The summed E-state index contributed by atoms with van der Waals surface area (Å²) in [5.74, 6) is -0.0671. The highest BCUT2D eigenvalue weighted by Crippen LogP contribution is 2.12. The molecule has 0 aliphatic carbocycles. The fourth-order valence-corrected chi connectivity index (χ4v) is 1.66. The number of benzene rings is 1. The van der Waals surface area contributed by atoms with Crippen LogP contribution >= 0.6 is 0 Å². The number of hydrogen-bond acceptors (Lipinski definition) is 4. The lowest BCUT2D eigenvalue weighted by Crippen LogP contribution is -2.40. The number of carbonyl (C=O) groups is 1. The van der Waals surface area contributed by atoms with Crippen molar-refractivity contribution in [3.8, 4) is 0 Å². The minimum Gasteiger partial charge on any atom is -0.274 e. The smallest absolute Gasteiger partial charge is 0.268 e. The van der Waals surface area contributed by atoms with E-state index in [1.807, 2.05) is 6.92 Å². The highest BCUT2D eigenvalue weighted by atomic mass is 16.2. The Kier molecular flexibility index (Phi) is 3.30. The van der Waals surface area contributed by atoms with Crippen molar-refractivity contribution in [1.82, 2.24) is 20.4 Å². The molecule has 1 amide bonds. The molecule has 0 saturated heterocycles. The van der Waals surface area contributed by atoms with E-state index < -0.39 is 0 Å². The van der Waals surface area contributed by atoms with Crippen LogP contribution in [0.2, 0.25) is 0 Å². The van der Waals surface area contributed by atoms with Crippen LogP contribution in [-0.4, -0.2) is 34.5 Å². The van der Waals surface area contributed by atoms with Crippen LogP contribution in [-0.2, 0) is 0 Å². The van der Waals surface area contributed by atoms with Crippen LogP contribution in [0.1, 0.15) is 17.3 Å². The Labute approximate surface area is 99.5 Å². The topological polar surface area (TPSA) is 58.1 Å². The summed E-state index contributed by atoms with van der Waals surface area (Å²) in [6.07, 6.45) is 3.25. The third kappa shape index (κ3) is 2.24. The highest BCUT2D eigenvalue weighted by molar-refractivity contribution is 5.96. The van der Waals surface area contributed by atoms with Crippen molar-refractivity contribution >= 4 is 16.9 Å². The number of rotatable bonds is 3. The normalized spacial score (nSPS) is 10.5. The van der Waals surface area contributed by atoms with Crippen molar-refractivity contribution < 1.29 is 4.79 Å². The van der Waals surface area contributed by atoms with E-state index in [9.17, 15) is 4.79 Å². The lowest BCUT2D eigenvalue weighted by atomic mass is 10.2. The SMILES string of the molecule is CCN(NC)C(=O)c1ccc2nccnc2c1. The Balaban J connectivity index is 2.39. The van der Waals surface area contributed by atoms with E-state index in [1.165, 1.54) is 5.01 Å². The van der Waals surface area contributed by atoms with E-state index in [1.54, 1.807) is 37.6 Å². The van der Waals surface area contributed by atoms with Gasteiger partial charge in [0.1, 0.15) is 0 Å². The van der Waals surface area contributed by atoms with E-state index in [0.29, 0.717) is 12.1 Å². The maximum absolute atomic E-state index is 12.1. The van der Waals surface area contributed by atoms with Crippen molar-refractivity contribution in [1.29, 1.82) is 0 Å². The lowest BCUT2D eigenvalue weighted by molar-refractivity contribution is 0.0693. The predicted molar refractivity (Wildman–Crippen MR) is 65.3 cm³/mol. The van der Waals surface area contributed by atoms with Crippen molar-refractivity contribution in [2.75, 3.05) is 13.6 Å². The van der Waals surface area contributed by atoms with Gasteiger partial charge in [-0.2, -0.15) is 0 Å². The summed E-state index contributed by atoms with van der Waals surface area (Å²) in [5.41, 5.74) is 4.97. The second-order valence-corrected chi connectivity index (χ2v) is 3.53. The van der Waals surface area contributed by atoms with Crippen LogP contribution < -0.4 is 5.43 Å². The van der Waals surface area contributed by atoms with Crippen molar-refractivity contribution in [2.45, 2.75) is 6.92 Å². The second kappa shape index (κ2) is 4.88. The van der Waals surface area contributed by atoms with Gasteiger partial charge in [0.2, 0.25) is 0 Å². The van der Waals surface area contributed by atoms with Gasteiger partial charge in [0.25, 0.3) is 5.91 Å². The zero-order valence-corrected chi connectivity index (χ0v) is 9.84. The molecular weight excluding hydrogens is 216 g/mol. The number of hydrogen-bond donors (Lipinski definition) is 1. The molecule has 1 aromatic carbocycles. The summed E-state index contributed by atoms with van der Waals surface area (Å²) in [6, 6.07) is 5.32. The van der Waals surface area contributed by atoms with Crippen LogP contribution in [0.3, 0.4) is 0 Å². The first kappa shape index (κ1) is 11.5. The van der Waals surface area contributed by atoms with E-state index in [-0.39, 0.29) is 5.91 Å². The molecule has 0 fully saturated rings. The Hall–Kier alpha value is -2.01. The first-order chi connectivity index (χ1) is 8.26. The summed E-state index contributed by atoms with van der Waals surface area (Å²) in [5, 5.41) is 1.54. The van der Waals surface area contributed by atoms with Gasteiger partial charge < -0.3 is 0 Å². The molecular formula is C12H14N4O. The molecule has 0 spiro atoms. The third-order valence-electron chi connectivity index (χ3n) is 2.55. The van der Waals surface area contributed by atoms with Gasteiger partial charge in [-0.15, -0.1) is 0 Å². The fourth-order valence-electron chi connectivity index (χ4n) is 1.66. The molecule has 2 aromatic rings. The largest absolute Gasteiger partial charge is 0.274 e. The van der Waals surface area contributed by atoms with Crippen molar-refractivity contribution in [3.05, 3.63) is 36.2 Å². The molecule has 17 heavy (non-hydrogen) atoms. The van der Waals surface area contributed by atoms with Crippen LogP contribution in [0.4, 0.5) is 0 Å². The Morgan fingerprint density at radius 1 is 1.29 bits per heavy atom. The molecule has 0 radical (unpaired) electrons. The summed E-state index contributed by atoms with van der Waals surface area (Å²) in [7, 11) is 1.72. The first-order valence-electron chi connectivity index (χ1n) is 5.46. The molecule has 5 heteroatoms. The molecule has 2 rings (SSSR count). The zero-order chi connectivity index (χ0) is 12.3. The first-order valence-corrected chi connectivity index (χ1v) is 5.46. The quantitative estimate of drug-likeness (QED) is 0.806. The molecule has 1 aromatic heterocycles. The minimum absolute atomic E-state index is 0.0671. The van der Waals surface area contributed by atoms with Crippen molar-refractivity contribution in [3.63, 3.8) is 0 Å². The highest BCUT2D eigenvalue weighted by Gasteiger charge is 2.13. The van der Waals surface area contributed by atoms with Crippen LogP contribution in [0.5, 0.6) is 0 Å². The fraction of sp³-hybridized carbons (Fsp3) is 0.250. The summed E-state index contributed by atoms with van der Waals surface area (Å²) in [6.45, 7) is 2.52. The van der Waals surface area contributed by atoms with Gasteiger partial charge in [-0.05, 0) is 25.1 Å². The Morgan fingerprint density at radius 3 is 2.65 bits per heavy atom. The van der Waals surface area contributed by atoms with Gasteiger partial charge >= 0.3 is 0 Å². The maximum Gasteiger partial charge on any atom is 0.268 e. The number of nitrogens with zero attached hydrogens (tertiary/aromatic N) is 3. The molecule has 0 atom stereocenters. The maximum atomic E-state index is 12.1. The number of nitrogens with one attached hydrogen (secondary N) is 1. The van der Waals surface area contributed by atoms with Gasteiger partial charge in [0.15, 0.2) is 0 Å². The summed E-state index contributed by atoms with van der Waals surface area (Å²) < 4.78 is 0. The van der Waals surface area contributed by atoms with Crippen LogP contribution in [0.15, 0.2) is 30.6 Å². The molecule has 0 unspecified atom stereocenters. The van der Waals surface area contributed by atoms with Gasteiger partial charge in [0, 0.05) is 31.5 Å². The van der Waals surface area contributed by atoms with Gasteiger partial charge in [-0.25, -0.2) is 5.43 Å². The molecule has 88 valence electrons. The standard InChI is InChI=1S/C12H14N4O/c1-3-16(13-2)12(17)9-4-5-10-11(8-9)15-7-6-14-10/h4-8,13H,3H2,1-2H3. The summed E-state index contributed by atoms with van der Waals surface area (Å²) in [4.78, 5) is 20.4. The summed E-state index contributed by atoms with van der Waals surface area (Å²) >= 11 is 0. The number of aromatic nitrogens is 2. The monoisotopic (exact) mass is 230 g/mol. The predicted octanol–water partition coefficient (Wildman–Crippen LogP) is 1.23. The molecule has 1 N–H and O–H groups in total. The van der Waals surface area contributed by atoms with Gasteiger partial charge in [-0.1, -0.05) is 0 Å². The molecule has 0 aliphatic rings. The second-order valence-electron chi connectivity index (χ2n) is 3.53. The minimum atomic E-state index is -0.0671. The molecule has 1 heterocycles. The Morgan fingerprint density at radius 2 is 2.00 bits per heavy atom. The van der Waals surface area contributed by atoms with E-state index in [0.717, 1.165) is 11.0 Å². The number of amides is 1. The Bertz CT molecular complexity index is 537. The lowest BCUT2D eigenvalue weighted by Gasteiger charge is -2.19. The molecule has 0 bridgehead atoms.